The van der Waals surface area contributed by atoms with Crippen LogP contribution in [0.3, 0.4) is 0 Å². The van der Waals surface area contributed by atoms with Gasteiger partial charge >= 0.3 is 0 Å². The van der Waals surface area contributed by atoms with E-state index in [4.69, 9.17) is 15.6 Å². The van der Waals surface area contributed by atoms with Crippen LogP contribution in [0.4, 0.5) is 5.82 Å². The van der Waals surface area contributed by atoms with Crippen LogP contribution in [0.1, 0.15) is 6.23 Å². The van der Waals surface area contributed by atoms with Gasteiger partial charge in [0.25, 0.3) is 0 Å². The number of imidazole rings is 1. The minimum Gasteiger partial charge on any atom is -0.396 e. The van der Waals surface area contributed by atoms with E-state index in [0.29, 0.717) is 22.7 Å². The highest BCUT2D eigenvalue weighted by atomic mass is 32.2. The van der Waals surface area contributed by atoms with E-state index >= 15 is 0 Å². The Morgan fingerprint density at radius 3 is 2.73 bits per heavy atom. The van der Waals surface area contributed by atoms with Gasteiger partial charge in [0, 0.05) is 11.5 Å². The summed E-state index contributed by atoms with van der Waals surface area (Å²) in [7, 11) is 0. The summed E-state index contributed by atoms with van der Waals surface area (Å²) in [6.07, 6.45) is 1.55. The number of anilines is 1. The lowest BCUT2D eigenvalue weighted by atomic mass is 10.4. The molecule has 22 heavy (non-hydrogen) atoms. The van der Waals surface area contributed by atoms with E-state index in [2.05, 4.69) is 15.0 Å². The Morgan fingerprint density at radius 2 is 2.05 bits per heavy atom. The number of thioether (sulfide) groups is 1. The van der Waals surface area contributed by atoms with Crippen molar-refractivity contribution in [3.05, 3.63) is 12.7 Å². The molecular weight excluding hydrogens is 310 g/mol. The topological polar surface area (TPSA) is 140 Å². The lowest BCUT2D eigenvalue weighted by Crippen LogP contribution is -2.28. The highest BCUT2D eigenvalue weighted by molar-refractivity contribution is 7.99. The fourth-order valence-corrected chi connectivity index (χ4v) is 2.66. The smallest absolute Gasteiger partial charge is 0.167 e. The van der Waals surface area contributed by atoms with E-state index in [0.717, 1.165) is 0 Å². The lowest BCUT2D eigenvalue weighted by Gasteiger charge is -2.23. The molecule has 0 fully saturated rings. The number of hydrogen-bond donors (Lipinski definition) is 4. The molecule has 0 aliphatic rings. The average molecular weight is 329 g/mol. The molecule has 0 radical (unpaired) electrons. The fourth-order valence-electron chi connectivity index (χ4n) is 1.91. The van der Waals surface area contributed by atoms with Gasteiger partial charge in [-0.05, 0) is 0 Å². The first-order chi connectivity index (χ1) is 10.7. The van der Waals surface area contributed by atoms with E-state index in [9.17, 15) is 10.2 Å². The second-order valence-electron chi connectivity index (χ2n) is 4.46. The van der Waals surface area contributed by atoms with Crippen LogP contribution in [0.5, 0.6) is 0 Å². The first-order valence-electron chi connectivity index (χ1n) is 6.70. The molecule has 2 atom stereocenters. The minimum atomic E-state index is -0.744. The molecule has 0 bridgehead atoms. The fraction of sp³-hybridized carbons (Fsp3) is 0.583. The van der Waals surface area contributed by atoms with Crippen molar-refractivity contribution in [2.24, 2.45) is 0 Å². The van der Waals surface area contributed by atoms with Crippen molar-refractivity contribution < 1.29 is 20.1 Å². The van der Waals surface area contributed by atoms with Crippen LogP contribution in [-0.2, 0) is 4.74 Å². The van der Waals surface area contributed by atoms with Crippen LogP contribution in [0.2, 0.25) is 0 Å². The number of nitrogens with two attached hydrogens (primary N) is 1. The van der Waals surface area contributed by atoms with Crippen LogP contribution in [0.25, 0.3) is 11.2 Å². The summed E-state index contributed by atoms with van der Waals surface area (Å²) < 4.78 is 7.26. The number of ether oxygens (including phenoxy) is 1. The third-order valence-electron chi connectivity index (χ3n) is 2.95. The predicted molar refractivity (Wildman–Crippen MR) is 82.2 cm³/mol. The van der Waals surface area contributed by atoms with Crippen LogP contribution >= 0.6 is 11.8 Å². The summed E-state index contributed by atoms with van der Waals surface area (Å²) in [6.45, 7) is -0.441. The highest BCUT2D eigenvalue weighted by Crippen LogP contribution is 2.21. The van der Waals surface area contributed by atoms with Gasteiger partial charge in [-0.1, -0.05) is 0 Å². The molecule has 10 heteroatoms. The number of fused-ring (bicyclic) bond motifs is 1. The molecule has 0 aliphatic heterocycles. The zero-order valence-electron chi connectivity index (χ0n) is 11.9. The molecule has 2 aromatic rings. The quantitative estimate of drug-likeness (QED) is 0.426. The molecule has 0 unspecified atom stereocenters. The number of aliphatic hydroxyl groups excluding tert-OH is 3. The largest absolute Gasteiger partial charge is 0.396 e. The van der Waals surface area contributed by atoms with Crippen molar-refractivity contribution >= 4 is 28.7 Å². The maximum Gasteiger partial charge on any atom is 0.167 e. The van der Waals surface area contributed by atoms with Crippen molar-refractivity contribution in [1.82, 2.24) is 19.5 Å². The van der Waals surface area contributed by atoms with Crippen LogP contribution in [0, 0.1) is 0 Å². The zero-order valence-corrected chi connectivity index (χ0v) is 12.7. The Bertz CT molecular complexity index is 596. The first kappa shape index (κ1) is 16.9. The minimum absolute atomic E-state index is 0.0641. The average Bonchev–Trinajstić information content (AvgIpc) is 2.96. The van der Waals surface area contributed by atoms with E-state index in [-0.39, 0.29) is 25.6 Å². The SMILES string of the molecule is Nc1ncnc2c1ncn2[C@@H](CO)O[C@@H](CO)CSCCO. The van der Waals surface area contributed by atoms with E-state index in [1.165, 1.54) is 24.4 Å². The predicted octanol–water partition coefficient (Wildman–Crippen LogP) is -0.998. The van der Waals surface area contributed by atoms with Crippen molar-refractivity contribution in [2.75, 3.05) is 37.1 Å². The molecule has 2 rings (SSSR count). The summed E-state index contributed by atoms with van der Waals surface area (Å²) in [5.74, 6) is 1.30. The van der Waals surface area contributed by atoms with Crippen LogP contribution < -0.4 is 5.73 Å². The maximum absolute atomic E-state index is 9.57. The molecule has 0 aromatic carbocycles. The molecule has 0 amide bonds. The second-order valence-corrected chi connectivity index (χ2v) is 5.61. The summed E-state index contributed by atoms with van der Waals surface area (Å²) in [5.41, 5.74) is 6.60. The Balaban J connectivity index is 2.14. The molecule has 0 spiro atoms. The number of aromatic nitrogens is 4. The molecule has 0 saturated heterocycles. The third kappa shape index (κ3) is 3.84. The first-order valence-corrected chi connectivity index (χ1v) is 7.85. The van der Waals surface area contributed by atoms with Gasteiger partial charge in [-0.2, -0.15) is 11.8 Å². The molecule has 2 heterocycles. The Labute approximate surface area is 131 Å². The molecule has 5 N–H and O–H groups in total. The van der Waals surface area contributed by atoms with Gasteiger partial charge in [0.2, 0.25) is 0 Å². The molecular formula is C12H19N5O4S. The number of nitrogen functional groups attached to an aromatic ring is 1. The zero-order chi connectivity index (χ0) is 15.9. The van der Waals surface area contributed by atoms with Gasteiger partial charge in [-0.15, -0.1) is 0 Å². The molecule has 0 saturated carbocycles. The Morgan fingerprint density at radius 1 is 1.23 bits per heavy atom. The van der Waals surface area contributed by atoms with Crippen LogP contribution in [-0.4, -0.2) is 72.3 Å². The maximum atomic E-state index is 9.57. The number of nitrogens with zero attached hydrogens (tertiary/aromatic N) is 4. The normalized spacial score (nSPS) is 14.3. The number of rotatable bonds is 9. The van der Waals surface area contributed by atoms with Gasteiger partial charge < -0.3 is 25.8 Å². The van der Waals surface area contributed by atoms with Gasteiger partial charge in [-0.25, -0.2) is 15.0 Å². The van der Waals surface area contributed by atoms with E-state index in [1.54, 1.807) is 4.57 Å². The van der Waals surface area contributed by atoms with Gasteiger partial charge in [0.15, 0.2) is 17.7 Å². The molecule has 9 nitrogen and oxygen atoms in total. The van der Waals surface area contributed by atoms with Crippen molar-refractivity contribution in [3.63, 3.8) is 0 Å². The van der Waals surface area contributed by atoms with Crippen molar-refractivity contribution in [3.8, 4) is 0 Å². The Kier molecular flexibility index (Phi) is 6.34. The highest BCUT2D eigenvalue weighted by Gasteiger charge is 2.20. The van der Waals surface area contributed by atoms with Gasteiger partial charge in [-0.3, -0.25) is 4.57 Å². The summed E-state index contributed by atoms with van der Waals surface area (Å²) in [6, 6.07) is 0. The molecule has 122 valence electrons. The van der Waals surface area contributed by atoms with Crippen molar-refractivity contribution in [1.29, 1.82) is 0 Å². The summed E-state index contributed by atoms with van der Waals surface area (Å²) >= 11 is 1.45. The van der Waals surface area contributed by atoms with Crippen molar-refractivity contribution in [2.45, 2.75) is 12.3 Å². The monoisotopic (exact) mass is 329 g/mol. The molecule has 0 aliphatic carbocycles. The number of hydrogen-bond acceptors (Lipinski definition) is 9. The lowest BCUT2D eigenvalue weighted by molar-refractivity contribution is -0.0852. The summed E-state index contributed by atoms with van der Waals surface area (Å²) in [5, 5.41) is 27.7. The standard InChI is InChI=1S/C12H19N5O4S/c13-11-10-12(15-6-14-11)17(7-16-10)9(4-20)21-8(3-19)5-22-2-1-18/h6-9,18-20H,1-5H2,(H2,13,14,15)/t8-,9+/m0/s1. The summed E-state index contributed by atoms with van der Waals surface area (Å²) in [4.78, 5) is 12.1. The van der Waals surface area contributed by atoms with Gasteiger partial charge in [0.1, 0.15) is 11.8 Å². The number of aliphatic hydroxyl groups is 3. The third-order valence-corrected chi connectivity index (χ3v) is 4.02. The second kappa shape index (κ2) is 8.25. The Hall–Kier alpha value is -1.46. The molecule has 2 aromatic heterocycles. The van der Waals surface area contributed by atoms with E-state index in [1.807, 2.05) is 0 Å². The van der Waals surface area contributed by atoms with Crippen LogP contribution in [0.15, 0.2) is 12.7 Å². The van der Waals surface area contributed by atoms with Gasteiger partial charge in [0.05, 0.1) is 32.3 Å². The van der Waals surface area contributed by atoms with E-state index < -0.39 is 12.3 Å².